The topological polar surface area (TPSA) is 83.0 Å². The van der Waals surface area contributed by atoms with Gasteiger partial charge in [0, 0.05) is 4.90 Å². The zero-order valence-electron chi connectivity index (χ0n) is 25.2. The Balaban J connectivity index is 1.49. The number of hydrazine groups is 1. The number of carbonyl (C=O) groups is 2. The Hall–Kier alpha value is -2.82. The van der Waals surface area contributed by atoms with Crippen LogP contribution in [-0.2, 0) is 9.59 Å². The monoisotopic (exact) mass is 768 g/mol. The Morgan fingerprint density at radius 3 is 2.19 bits per heavy atom. The van der Waals surface area contributed by atoms with Gasteiger partial charge in [0.05, 0.1) is 41.5 Å². The van der Waals surface area contributed by atoms with E-state index >= 15 is 0 Å². The molecule has 0 spiro atoms. The van der Waals surface area contributed by atoms with E-state index in [-0.39, 0.29) is 42.5 Å². The highest BCUT2D eigenvalue weighted by atomic mass is 35.5. The van der Waals surface area contributed by atoms with E-state index < -0.39 is 17.3 Å². The normalized spacial score (nSPS) is 16.0. The highest BCUT2D eigenvalue weighted by Crippen LogP contribution is 2.49. The number of aliphatic imine (C=N–C) groups is 1. The summed E-state index contributed by atoms with van der Waals surface area (Å²) < 4.78 is 5.96. The van der Waals surface area contributed by atoms with Gasteiger partial charge >= 0.3 is 0 Å². The van der Waals surface area contributed by atoms with Gasteiger partial charge in [-0.15, -0.1) is 11.8 Å². The number of aryl methyl sites for hydroxylation is 3. The smallest absolute Gasteiger partial charge is 0.267 e. The molecule has 1 aliphatic heterocycles. The maximum Gasteiger partial charge on any atom is 0.267 e. The number of ether oxygens (including phenoxy) is 1. The molecule has 4 aromatic carbocycles. The second kappa shape index (κ2) is 14.7. The average molecular weight is 771 g/mol. The summed E-state index contributed by atoms with van der Waals surface area (Å²) in [5, 5.41) is 3.08. The molecule has 0 aromatic heterocycles. The second-order valence-corrected chi connectivity index (χ2v) is 14.1. The molecule has 1 fully saturated rings. The molecule has 0 bridgehead atoms. The molecule has 1 saturated heterocycles. The first-order chi connectivity index (χ1) is 22.3. The predicted octanol–water partition coefficient (Wildman–Crippen LogP) is 10.7. The molecule has 5 rings (SSSR count). The fraction of sp³-hybridized carbons (Fsp3) is 0.182. The predicted molar refractivity (Wildman–Crippen MR) is 196 cm³/mol. The SMILES string of the molecule is Cc1ccc(OC(C)C(=O)Nc2ccccc2SC2C(=O)N(c3c(Cl)c(Cl)c(Cl)c(Cl)c3Cl)NC2=Nc2cc(C)ccc2Cl)c(C)c1. The first kappa shape index (κ1) is 35.5. The zero-order chi connectivity index (χ0) is 34.2. The van der Waals surface area contributed by atoms with Crippen molar-refractivity contribution in [1.29, 1.82) is 0 Å². The molecule has 2 atom stereocenters. The lowest BCUT2D eigenvalue weighted by molar-refractivity contribution is -0.122. The number of rotatable bonds is 8. The van der Waals surface area contributed by atoms with Gasteiger partial charge in [0.1, 0.15) is 22.5 Å². The molecule has 4 aromatic rings. The number of nitrogens with zero attached hydrogens (tertiary/aromatic N) is 2. The minimum Gasteiger partial charge on any atom is -0.481 e. The van der Waals surface area contributed by atoms with Gasteiger partial charge in [-0.25, -0.2) is 10.0 Å². The maximum atomic E-state index is 14.2. The summed E-state index contributed by atoms with van der Waals surface area (Å²) in [6.45, 7) is 7.47. The van der Waals surface area contributed by atoms with Crippen molar-refractivity contribution in [2.45, 2.75) is 43.9 Å². The van der Waals surface area contributed by atoms with Crippen LogP contribution in [0, 0.1) is 20.8 Å². The molecule has 1 heterocycles. The van der Waals surface area contributed by atoms with E-state index in [2.05, 4.69) is 10.7 Å². The minimum atomic E-state index is -0.978. The number of amidine groups is 1. The van der Waals surface area contributed by atoms with Gasteiger partial charge in [0.15, 0.2) is 6.10 Å². The number of amides is 2. The maximum absolute atomic E-state index is 14.2. The molecule has 244 valence electrons. The molecular weight excluding hydrogens is 745 g/mol. The van der Waals surface area contributed by atoms with Crippen LogP contribution in [0.3, 0.4) is 0 Å². The minimum absolute atomic E-state index is 0.00262. The molecule has 0 aliphatic carbocycles. The molecular formula is C33H26Cl6N4O3S. The highest BCUT2D eigenvalue weighted by Gasteiger charge is 2.42. The number of thioether (sulfide) groups is 1. The number of hydrogen-bond donors (Lipinski definition) is 2. The highest BCUT2D eigenvalue weighted by molar-refractivity contribution is 8.01. The average Bonchev–Trinajstić information content (AvgIpc) is 3.32. The number of carbonyl (C=O) groups excluding carboxylic acids is 2. The van der Waals surface area contributed by atoms with Gasteiger partial charge in [-0.05, 0) is 69.2 Å². The lowest BCUT2D eigenvalue weighted by atomic mass is 10.1. The van der Waals surface area contributed by atoms with Crippen molar-refractivity contribution >= 4 is 116 Å². The van der Waals surface area contributed by atoms with Gasteiger partial charge in [0.25, 0.3) is 11.8 Å². The number of para-hydroxylation sites is 1. The summed E-state index contributed by atoms with van der Waals surface area (Å²) in [7, 11) is 0. The van der Waals surface area contributed by atoms with Crippen LogP contribution < -0.4 is 20.5 Å². The summed E-state index contributed by atoms with van der Waals surface area (Å²) >= 11 is 39.6. The summed E-state index contributed by atoms with van der Waals surface area (Å²) in [5.41, 5.74) is 6.82. The Kier molecular flexibility index (Phi) is 11.1. The lowest BCUT2D eigenvalue weighted by Gasteiger charge is -2.21. The van der Waals surface area contributed by atoms with Gasteiger partial charge in [-0.1, -0.05) is 106 Å². The van der Waals surface area contributed by atoms with Crippen LogP contribution in [0.2, 0.25) is 30.1 Å². The Bertz CT molecular complexity index is 1910. The van der Waals surface area contributed by atoms with Gasteiger partial charge in [0.2, 0.25) is 0 Å². The van der Waals surface area contributed by atoms with Crippen LogP contribution in [-0.4, -0.2) is 29.0 Å². The fourth-order valence-corrected chi connectivity index (χ4v) is 7.19. The van der Waals surface area contributed by atoms with Gasteiger partial charge in [-0.2, -0.15) is 0 Å². The number of anilines is 2. The quantitative estimate of drug-likeness (QED) is 0.138. The van der Waals surface area contributed by atoms with Crippen molar-refractivity contribution < 1.29 is 14.3 Å². The van der Waals surface area contributed by atoms with Gasteiger partial charge in [-0.3, -0.25) is 15.0 Å². The van der Waals surface area contributed by atoms with Crippen LogP contribution in [0.15, 0.2) is 70.6 Å². The lowest BCUT2D eigenvalue weighted by Crippen LogP contribution is -2.36. The standard InChI is InChI=1S/C33H26Cl6N4O3S/c1-15-10-12-22(17(3)13-15)46-18(4)32(44)41-20-7-5-6-8-23(20)47-30-31(40-21-14-16(2)9-11-19(21)34)42-43(33(30)45)29-27(38)25(36)24(35)26(37)28(29)39/h5-14,18,30H,1-4H3,(H,40,42)(H,41,44). The first-order valence-corrected chi connectivity index (χ1v) is 17.2. The van der Waals surface area contributed by atoms with Crippen molar-refractivity contribution in [3.8, 4) is 5.75 Å². The molecule has 1 aliphatic rings. The Morgan fingerprint density at radius 2 is 1.51 bits per heavy atom. The molecule has 0 radical (unpaired) electrons. The number of nitrogens with one attached hydrogen (secondary N) is 2. The van der Waals surface area contributed by atoms with Crippen LogP contribution >= 0.6 is 81.4 Å². The first-order valence-electron chi connectivity index (χ1n) is 14.0. The molecule has 2 amide bonds. The van der Waals surface area contributed by atoms with Crippen molar-refractivity contribution in [3.63, 3.8) is 0 Å². The van der Waals surface area contributed by atoms with Crippen LogP contribution in [0.4, 0.5) is 17.1 Å². The third-order valence-corrected chi connectivity index (χ3v) is 10.9. The van der Waals surface area contributed by atoms with E-state index in [1.165, 1.54) is 0 Å². The number of halogens is 6. The van der Waals surface area contributed by atoms with E-state index in [1.807, 2.05) is 45.0 Å². The molecule has 2 unspecified atom stereocenters. The van der Waals surface area contributed by atoms with Crippen molar-refractivity contribution in [2.75, 3.05) is 10.3 Å². The van der Waals surface area contributed by atoms with E-state index in [0.29, 0.717) is 27.0 Å². The Morgan fingerprint density at radius 1 is 0.894 bits per heavy atom. The summed E-state index contributed by atoms with van der Waals surface area (Å²) in [6, 6.07) is 18.2. The number of benzene rings is 4. The van der Waals surface area contributed by atoms with Crippen LogP contribution in [0.5, 0.6) is 5.75 Å². The zero-order valence-corrected chi connectivity index (χ0v) is 30.6. The van der Waals surface area contributed by atoms with Crippen LogP contribution in [0.1, 0.15) is 23.6 Å². The molecule has 7 nitrogen and oxygen atoms in total. The van der Waals surface area contributed by atoms with Crippen molar-refractivity contribution in [1.82, 2.24) is 5.43 Å². The van der Waals surface area contributed by atoms with E-state index in [9.17, 15) is 9.59 Å². The largest absolute Gasteiger partial charge is 0.481 e. The fourth-order valence-electron chi connectivity index (χ4n) is 4.66. The third-order valence-electron chi connectivity index (χ3n) is 7.07. The summed E-state index contributed by atoms with van der Waals surface area (Å²) in [5.74, 6) is -0.0445. The molecule has 2 N–H and O–H groups in total. The van der Waals surface area contributed by atoms with Gasteiger partial charge < -0.3 is 10.1 Å². The van der Waals surface area contributed by atoms with E-state index in [0.717, 1.165) is 33.5 Å². The number of hydrogen-bond acceptors (Lipinski definition) is 5. The summed E-state index contributed by atoms with van der Waals surface area (Å²) in [4.78, 5) is 32.8. The van der Waals surface area contributed by atoms with E-state index in [1.54, 1.807) is 43.3 Å². The van der Waals surface area contributed by atoms with Crippen LogP contribution in [0.25, 0.3) is 0 Å². The third kappa shape index (κ3) is 7.60. The Labute approximate surface area is 306 Å². The van der Waals surface area contributed by atoms with Crippen molar-refractivity contribution in [2.24, 2.45) is 4.99 Å². The van der Waals surface area contributed by atoms with Crippen molar-refractivity contribution in [3.05, 3.63) is 107 Å². The summed E-state index contributed by atoms with van der Waals surface area (Å²) in [6.07, 6.45) is -0.816. The molecule has 14 heteroatoms. The second-order valence-electron chi connectivity index (χ2n) is 10.7. The molecule has 47 heavy (non-hydrogen) atoms. The van der Waals surface area contributed by atoms with E-state index in [4.69, 9.17) is 79.3 Å². The molecule has 0 saturated carbocycles.